The molecular formula is C9H19NO. The molecule has 1 N–H and O–H groups in total. The summed E-state index contributed by atoms with van der Waals surface area (Å²) in [4.78, 5) is 0. The zero-order valence-electron chi connectivity index (χ0n) is 7.76. The SMILES string of the molecule is C=CCC(NCC)C(C)OC. The molecule has 2 nitrogen and oxygen atoms in total. The quantitative estimate of drug-likeness (QED) is 0.591. The lowest BCUT2D eigenvalue weighted by Crippen LogP contribution is -2.38. The van der Waals surface area contributed by atoms with Crippen molar-refractivity contribution >= 4 is 0 Å². The van der Waals surface area contributed by atoms with Crippen LogP contribution in [-0.2, 0) is 4.74 Å². The molecule has 0 aliphatic heterocycles. The zero-order chi connectivity index (χ0) is 8.69. The molecule has 0 aromatic carbocycles. The molecule has 2 atom stereocenters. The van der Waals surface area contributed by atoms with Gasteiger partial charge in [0.2, 0.25) is 0 Å². The van der Waals surface area contributed by atoms with Crippen LogP contribution in [-0.4, -0.2) is 25.8 Å². The Kier molecular flexibility index (Phi) is 6.18. The van der Waals surface area contributed by atoms with E-state index in [2.05, 4.69) is 25.7 Å². The molecule has 0 bridgehead atoms. The third kappa shape index (κ3) is 4.17. The molecule has 0 heterocycles. The Balaban J connectivity index is 3.75. The van der Waals surface area contributed by atoms with Gasteiger partial charge in [0.1, 0.15) is 0 Å². The van der Waals surface area contributed by atoms with Crippen molar-refractivity contribution in [2.24, 2.45) is 0 Å². The molecule has 0 aliphatic rings. The molecule has 0 saturated carbocycles. The van der Waals surface area contributed by atoms with Crippen LogP contribution in [0.25, 0.3) is 0 Å². The third-order valence-electron chi connectivity index (χ3n) is 1.83. The van der Waals surface area contributed by atoms with Crippen LogP contribution in [0.4, 0.5) is 0 Å². The Morgan fingerprint density at radius 3 is 2.64 bits per heavy atom. The van der Waals surface area contributed by atoms with Gasteiger partial charge in [-0.15, -0.1) is 6.58 Å². The summed E-state index contributed by atoms with van der Waals surface area (Å²) in [6, 6.07) is 0.405. The number of methoxy groups -OCH3 is 1. The normalized spacial score (nSPS) is 15.9. The van der Waals surface area contributed by atoms with Crippen LogP contribution in [0.5, 0.6) is 0 Å². The Bertz CT molecular complexity index is 104. The van der Waals surface area contributed by atoms with Crippen molar-refractivity contribution in [2.75, 3.05) is 13.7 Å². The second-order valence-corrected chi connectivity index (χ2v) is 2.63. The van der Waals surface area contributed by atoms with Gasteiger partial charge >= 0.3 is 0 Å². The predicted octanol–water partition coefficient (Wildman–Crippen LogP) is 1.58. The molecule has 0 spiro atoms. The first-order chi connectivity index (χ1) is 5.26. The van der Waals surface area contributed by atoms with Gasteiger partial charge in [-0.1, -0.05) is 13.0 Å². The second-order valence-electron chi connectivity index (χ2n) is 2.63. The smallest absolute Gasteiger partial charge is 0.0699 e. The summed E-state index contributed by atoms with van der Waals surface area (Å²) in [5.41, 5.74) is 0. The van der Waals surface area contributed by atoms with Gasteiger partial charge in [0, 0.05) is 13.2 Å². The molecule has 0 saturated heterocycles. The van der Waals surface area contributed by atoms with Gasteiger partial charge in [0.05, 0.1) is 6.10 Å². The molecule has 0 radical (unpaired) electrons. The van der Waals surface area contributed by atoms with Crippen molar-refractivity contribution in [1.29, 1.82) is 0 Å². The number of hydrogen-bond acceptors (Lipinski definition) is 2. The van der Waals surface area contributed by atoms with Crippen molar-refractivity contribution in [1.82, 2.24) is 5.32 Å². The highest BCUT2D eigenvalue weighted by atomic mass is 16.5. The van der Waals surface area contributed by atoms with Gasteiger partial charge in [0.15, 0.2) is 0 Å². The van der Waals surface area contributed by atoms with Crippen molar-refractivity contribution < 1.29 is 4.74 Å². The van der Waals surface area contributed by atoms with Gasteiger partial charge in [-0.3, -0.25) is 0 Å². The maximum Gasteiger partial charge on any atom is 0.0699 e. The van der Waals surface area contributed by atoms with Crippen LogP contribution in [0, 0.1) is 0 Å². The number of nitrogens with one attached hydrogen (secondary N) is 1. The molecule has 0 aromatic heterocycles. The third-order valence-corrected chi connectivity index (χ3v) is 1.83. The molecule has 11 heavy (non-hydrogen) atoms. The lowest BCUT2D eigenvalue weighted by molar-refractivity contribution is 0.0845. The average molecular weight is 157 g/mol. The van der Waals surface area contributed by atoms with E-state index in [0.29, 0.717) is 6.04 Å². The van der Waals surface area contributed by atoms with Crippen LogP contribution in [0.3, 0.4) is 0 Å². The fourth-order valence-corrected chi connectivity index (χ4v) is 1.05. The summed E-state index contributed by atoms with van der Waals surface area (Å²) in [7, 11) is 1.73. The first kappa shape index (κ1) is 10.7. The summed E-state index contributed by atoms with van der Waals surface area (Å²) >= 11 is 0. The number of rotatable bonds is 6. The van der Waals surface area contributed by atoms with E-state index in [0.717, 1.165) is 13.0 Å². The molecule has 0 fully saturated rings. The standard InChI is InChI=1S/C9H19NO/c1-5-7-9(10-6-2)8(3)11-4/h5,8-10H,1,6-7H2,2-4H3. The number of ether oxygens (including phenoxy) is 1. The maximum absolute atomic E-state index is 5.21. The monoisotopic (exact) mass is 157 g/mol. The lowest BCUT2D eigenvalue weighted by atomic mass is 10.1. The van der Waals surface area contributed by atoms with E-state index in [9.17, 15) is 0 Å². The van der Waals surface area contributed by atoms with Crippen LogP contribution >= 0.6 is 0 Å². The summed E-state index contributed by atoms with van der Waals surface area (Å²) in [5.74, 6) is 0. The Hall–Kier alpha value is -0.340. The molecule has 0 rings (SSSR count). The second kappa shape index (κ2) is 6.38. The van der Waals surface area contributed by atoms with Gasteiger partial charge < -0.3 is 10.1 Å². The van der Waals surface area contributed by atoms with Crippen molar-refractivity contribution in [3.05, 3.63) is 12.7 Å². The lowest BCUT2D eigenvalue weighted by Gasteiger charge is -2.21. The fraction of sp³-hybridized carbons (Fsp3) is 0.778. The van der Waals surface area contributed by atoms with E-state index in [1.165, 1.54) is 0 Å². The minimum Gasteiger partial charge on any atom is -0.380 e. The van der Waals surface area contributed by atoms with E-state index < -0.39 is 0 Å². The van der Waals surface area contributed by atoms with Gasteiger partial charge in [-0.25, -0.2) is 0 Å². The molecular weight excluding hydrogens is 138 g/mol. The minimum absolute atomic E-state index is 0.257. The summed E-state index contributed by atoms with van der Waals surface area (Å²) in [6.45, 7) is 8.84. The van der Waals surface area contributed by atoms with E-state index in [4.69, 9.17) is 4.74 Å². The highest BCUT2D eigenvalue weighted by Crippen LogP contribution is 2.02. The Labute approximate surface area is 69.6 Å². The minimum atomic E-state index is 0.257. The zero-order valence-corrected chi connectivity index (χ0v) is 7.76. The number of hydrogen-bond donors (Lipinski definition) is 1. The van der Waals surface area contributed by atoms with Crippen molar-refractivity contribution in [3.63, 3.8) is 0 Å². The molecule has 0 aromatic rings. The fourth-order valence-electron chi connectivity index (χ4n) is 1.05. The van der Waals surface area contributed by atoms with Crippen LogP contribution < -0.4 is 5.32 Å². The Morgan fingerprint density at radius 1 is 1.64 bits per heavy atom. The maximum atomic E-state index is 5.21. The Morgan fingerprint density at radius 2 is 2.27 bits per heavy atom. The highest BCUT2D eigenvalue weighted by Gasteiger charge is 2.12. The first-order valence-electron chi connectivity index (χ1n) is 4.13. The van der Waals surface area contributed by atoms with Gasteiger partial charge in [0.25, 0.3) is 0 Å². The van der Waals surface area contributed by atoms with Crippen LogP contribution in [0.1, 0.15) is 20.3 Å². The molecule has 0 aliphatic carbocycles. The molecule has 66 valence electrons. The topological polar surface area (TPSA) is 21.3 Å². The van der Waals surface area contributed by atoms with Gasteiger partial charge in [-0.2, -0.15) is 0 Å². The van der Waals surface area contributed by atoms with E-state index in [-0.39, 0.29) is 6.10 Å². The number of likely N-dealkylation sites (N-methyl/N-ethyl adjacent to an activating group) is 1. The predicted molar refractivity (Wildman–Crippen MR) is 48.7 cm³/mol. The summed E-state index contributed by atoms with van der Waals surface area (Å²) in [6.07, 6.45) is 3.14. The highest BCUT2D eigenvalue weighted by molar-refractivity contribution is 4.81. The molecule has 2 heteroatoms. The first-order valence-corrected chi connectivity index (χ1v) is 4.13. The van der Waals surface area contributed by atoms with Crippen molar-refractivity contribution in [2.45, 2.75) is 32.4 Å². The summed E-state index contributed by atoms with van der Waals surface area (Å²) < 4.78 is 5.21. The van der Waals surface area contributed by atoms with E-state index >= 15 is 0 Å². The summed E-state index contributed by atoms with van der Waals surface area (Å²) in [5, 5.41) is 3.34. The van der Waals surface area contributed by atoms with Crippen LogP contribution in [0.15, 0.2) is 12.7 Å². The molecule has 0 amide bonds. The molecule has 2 unspecified atom stereocenters. The largest absolute Gasteiger partial charge is 0.380 e. The van der Waals surface area contributed by atoms with E-state index in [1.807, 2.05) is 6.08 Å². The van der Waals surface area contributed by atoms with Gasteiger partial charge in [-0.05, 0) is 19.9 Å². The van der Waals surface area contributed by atoms with Crippen molar-refractivity contribution in [3.8, 4) is 0 Å². The van der Waals surface area contributed by atoms with Crippen LogP contribution in [0.2, 0.25) is 0 Å². The van der Waals surface area contributed by atoms with E-state index in [1.54, 1.807) is 7.11 Å². The average Bonchev–Trinajstić information content (AvgIpc) is 2.03.